The molecule has 1 aliphatic heterocycles. The van der Waals surface area contributed by atoms with Crippen LogP contribution in [0.2, 0.25) is 0 Å². The summed E-state index contributed by atoms with van der Waals surface area (Å²) in [6.07, 6.45) is 1.88. The second-order valence-corrected chi connectivity index (χ2v) is 2.22. The van der Waals surface area contributed by atoms with Crippen molar-refractivity contribution in [3.63, 3.8) is 0 Å². The molecule has 10 heavy (non-hydrogen) atoms. The van der Waals surface area contributed by atoms with Gasteiger partial charge in [0.05, 0.1) is 7.11 Å². The van der Waals surface area contributed by atoms with Gasteiger partial charge in [0.1, 0.15) is 6.04 Å². The van der Waals surface area contributed by atoms with Gasteiger partial charge in [-0.25, -0.2) is 4.79 Å². The minimum atomic E-state index is -0.319. The summed E-state index contributed by atoms with van der Waals surface area (Å²) in [7, 11) is 1.33. The molecule has 1 heterocycles. The van der Waals surface area contributed by atoms with Crippen LogP contribution in [0.15, 0.2) is 0 Å². The number of carbonyl (C=O) groups excluding carboxylic acids is 1. The molecule has 1 N–H and O–H groups in total. The van der Waals surface area contributed by atoms with Gasteiger partial charge in [0.2, 0.25) is 0 Å². The standard InChI is InChI=1S/C6H11NO3/c1-9-10-6(8)5-3-2-4-7-5/h5,7H,2-4H2,1H3. The maximum atomic E-state index is 10.8. The smallest absolute Gasteiger partial charge is 0.304 e. The molecule has 1 aliphatic rings. The fraction of sp³-hybridized carbons (Fsp3) is 0.833. The fourth-order valence-electron chi connectivity index (χ4n) is 1.03. The zero-order chi connectivity index (χ0) is 7.40. The lowest BCUT2D eigenvalue weighted by atomic mass is 10.2. The molecule has 0 aromatic carbocycles. The van der Waals surface area contributed by atoms with Crippen molar-refractivity contribution in [3.05, 3.63) is 0 Å². The summed E-state index contributed by atoms with van der Waals surface area (Å²) in [6, 6.07) is -0.153. The van der Waals surface area contributed by atoms with E-state index in [0.29, 0.717) is 0 Å². The van der Waals surface area contributed by atoms with Gasteiger partial charge in [-0.3, -0.25) is 4.89 Å². The van der Waals surface area contributed by atoms with Gasteiger partial charge in [-0.2, -0.15) is 4.89 Å². The van der Waals surface area contributed by atoms with Crippen molar-refractivity contribution in [2.24, 2.45) is 0 Å². The normalized spacial score (nSPS) is 24.7. The van der Waals surface area contributed by atoms with Gasteiger partial charge >= 0.3 is 5.97 Å². The molecule has 1 rings (SSSR count). The summed E-state index contributed by atoms with van der Waals surface area (Å²) < 4.78 is 0. The van der Waals surface area contributed by atoms with Crippen molar-refractivity contribution < 1.29 is 14.6 Å². The van der Waals surface area contributed by atoms with Crippen LogP contribution in [0, 0.1) is 0 Å². The van der Waals surface area contributed by atoms with E-state index in [2.05, 4.69) is 15.1 Å². The Bertz CT molecular complexity index is 120. The van der Waals surface area contributed by atoms with Crippen molar-refractivity contribution >= 4 is 5.97 Å². The average molecular weight is 145 g/mol. The van der Waals surface area contributed by atoms with E-state index in [9.17, 15) is 4.79 Å². The van der Waals surface area contributed by atoms with Crippen LogP contribution in [0.1, 0.15) is 12.8 Å². The Morgan fingerprint density at radius 1 is 1.70 bits per heavy atom. The maximum absolute atomic E-state index is 10.8. The minimum Gasteiger partial charge on any atom is -0.304 e. The van der Waals surface area contributed by atoms with Crippen LogP contribution in [0.3, 0.4) is 0 Å². The molecule has 0 aliphatic carbocycles. The molecular formula is C6H11NO3. The third-order valence-electron chi connectivity index (χ3n) is 1.51. The third-order valence-corrected chi connectivity index (χ3v) is 1.51. The van der Waals surface area contributed by atoms with Gasteiger partial charge in [0.25, 0.3) is 0 Å². The molecule has 1 unspecified atom stereocenters. The average Bonchev–Trinajstić information content (AvgIpc) is 2.38. The predicted molar refractivity (Wildman–Crippen MR) is 34.1 cm³/mol. The van der Waals surface area contributed by atoms with Crippen LogP contribution in [0.5, 0.6) is 0 Å². The molecule has 0 saturated carbocycles. The number of rotatable bonds is 2. The molecule has 0 spiro atoms. The summed E-state index contributed by atoms with van der Waals surface area (Å²) in [5, 5.41) is 2.99. The first kappa shape index (κ1) is 7.50. The van der Waals surface area contributed by atoms with Crippen molar-refractivity contribution in [1.29, 1.82) is 0 Å². The highest BCUT2D eigenvalue weighted by Gasteiger charge is 2.23. The Labute approximate surface area is 59.4 Å². The Morgan fingerprint density at radius 2 is 2.50 bits per heavy atom. The molecule has 0 aromatic heterocycles. The van der Waals surface area contributed by atoms with Crippen LogP contribution >= 0.6 is 0 Å². The van der Waals surface area contributed by atoms with Gasteiger partial charge in [0, 0.05) is 0 Å². The Balaban J connectivity index is 2.25. The first-order chi connectivity index (χ1) is 4.84. The SMILES string of the molecule is COOC(=O)C1CCCN1. The number of carbonyl (C=O) groups is 1. The van der Waals surface area contributed by atoms with E-state index in [4.69, 9.17) is 0 Å². The molecular weight excluding hydrogens is 134 g/mol. The van der Waals surface area contributed by atoms with E-state index < -0.39 is 0 Å². The largest absolute Gasteiger partial charge is 0.359 e. The van der Waals surface area contributed by atoms with Gasteiger partial charge in [-0.1, -0.05) is 0 Å². The Hall–Kier alpha value is -0.610. The highest BCUT2D eigenvalue weighted by molar-refractivity contribution is 5.75. The van der Waals surface area contributed by atoms with Crippen LogP contribution in [0.25, 0.3) is 0 Å². The van der Waals surface area contributed by atoms with Crippen molar-refractivity contribution in [1.82, 2.24) is 5.32 Å². The summed E-state index contributed by atoms with van der Waals surface area (Å²) in [4.78, 5) is 19.4. The second-order valence-electron chi connectivity index (χ2n) is 2.22. The van der Waals surface area contributed by atoms with E-state index in [1.54, 1.807) is 0 Å². The molecule has 1 fully saturated rings. The lowest BCUT2D eigenvalue weighted by Gasteiger charge is -2.05. The highest BCUT2D eigenvalue weighted by atomic mass is 17.2. The summed E-state index contributed by atoms with van der Waals surface area (Å²) in [5.41, 5.74) is 0. The third kappa shape index (κ3) is 1.68. The number of hydrogen-bond donors (Lipinski definition) is 1. The van der Waals surface area contributed by atoms with E-state index >= 15 is 0 Å². The van der Waals surface area contributed by atoms with Gasteiger partial charge in [0.15, 0.2) is 0 Å². The molecule has 0 aromatic rings. The quantitative estimate of drug-likeness (QED) is 0.433. The summed E-state index contributed by atoms with van der Waals surface area (Å²) >= 11 is 0. The van der Waals surface area contributed by atoms with Crippen molar-refractivity contribution in [3.8, 4) is 0 Å². The molecule has 0 amide bonds. The minimum absolute atomic E-state index is 0.153. The molecule has 1 saturated heterocycles. The predicted octanol–water partition coefficient (Wildman–Crippen LogP) is -0.157. The van der Waals surface area contributed by atoms with Crippen LogP contribution in [0.4, 0.5) is 0 Å². The summed E-state index contributed by atoms with van der Waals surface area (Å²) in [6.45, 7) is 0.892. The van der Waals surface area contributed by atoms with Crippen LogP contribution < -0.4 is 5.32 Å². The molecule has 4 heteroatoms. The van der Waals surface area contributed by atoms with Crippen LogP contribution in [-0.4, -0.2) is 25.7 Å². The maximum Gasteiger partial charge on any atom is 0.359 e. The fourth-order valence-corrected chi connectivity index (χ4v) is 1.03. The molecule has 58 valence electrons. The Morgan fingerprint density at radius 3 is 3.00 bits per heavy atom. The number of nitrogens with one attached hydrogen (secondary N) is 1. The van der Waals surface area contributed by atoms with E-state index in [-0.39, 0.29) is 12.0 Å². The zero-order valence-electron chi connectivity index (χ0n) is 5.92. The second kappa shape index (κ2) is 3.53. The first-order valence-corrected chi connectivity index (χ1v) is 3.32. The van der Waals surface area contributed by atoms with Gasteiger partial charge < -0.3 is 5.32 Å². The van der Waals surface area contributed by atoms with Gasteiger partial charge in [-0.05, 0) is 19.4 Å². The lowest BCUT2D eigenvalue weighted by Crippen LogP contribution is -2.32. The van der Waals surface area contributed by atoms with E-state index in [0.717, 1.165) is 19.4 Å². The molecule has 0 radical (unpaired) electrons. The Kier molecular flexibility index (Phi) is 2.65. The molecule has 1 atom stereocenters. The lowest BCUT2D eigenvalue weighted by molar-refractivity contribution is -0.256. The molecule has 4 nitrogen and oxygen atoms in total. The first-order valence-electron chi connectivity index (χ1n) is 3.32. The zero-order valence-corrected chi connectivity index (χ0v) is 5.92. The summed E-state index contributed by atoms with van der Waals surface area (Å²) in [5.74, 6) is -0.319. The van der Waals surface area contributed by atoms with Gasteiger partial charge in [-0.15, -0.1) is 0 Å². The van der Waals surface area contributed by atoms with Crippen molar-refractivity contribution in [2.75, 3.05) is 13.7 Å². The van der Waals surface area contributed by atoms with Crippen molar-refractivity contribution in [2.45, 2.75) is 18.9 Å². The van der Waals surface area contributed by atoms with E-state index in [1.165, 1.54) is 7.11 Å². The van der Waals surface area contributed by atoms with E-state index in [1.807, 2.05) is 0 Å². The highest BCUT2D eigenvalue weighted by Crippen LogP contribution is 2.05. The van der Waals surface area contributed by atoms with Crippen LogP contribution in [-0.2, 0) is 14.6 Å². The molecule has 0 bridgehead atoms. The number of hydrogen-bond acceptors (Lipinski definition) is 4. The monoisotopic (exact) mass is 145 g/mol. The topological polar surface area (TPSA) is 47.6 Å².